The van der Waals surface area contributed by atoms with Crippen LogP contribution in [0.1, 0.15) is 56.7 Å². The molecule has 0 unspecified atom stereocenters. The van der Waals surface area contributed by atoms with E-state index in [1.165, 1.54) is 12.8 Å². The normalized spacial score (nSPS) is 18.2. The van der Waals surface area contributed by atoms with Gasteiger partial charge in [-0.3, -0.25) is 4.98 Å². The van der Waals surface area contributed by atoms with E-state index in [9.17, 15) is 4.39 Å². The lowest BCUT2D eigenvalue weighted by Gasteiger charge is -2.15. The lowest BCUT2D eigenvalue weighted by atomic mass is 9.93. The summed E-state index contributed by atoms with van der Waals surface area (Å²) in [4.78, 5) is 4.29. The molecule has 1 aromatic rings. The summed E-state index contributed by atoms with van der Waals surface area (Å²) in [5.74, 6) is 1.08. The molecule has 82 valence electrons. The van der Waals surface area contributed by atoms with Crippen molar-refractivity contribution in [2.75, 3.05) is 0 Å². The molecule has 15 heavy (non-hydrogen) atoms. The molecule has 1 saturated carbocycles. The van der Waals surface area contributed by atoms with E-state index < -0.39 is 0 Å². The van der Waals surface area contributed by atoms with E-state index >= 15 is 0 Å². The highest BCUT2D eigenvalue weighted by Crippen LogP contribution is 2.40. The van der Waals surface area contributed by atoms with E-state index in [0.29, 0.717) is 17.5 Å². The first-order valence-corrected chi connectivity index (χ1v) is 5.75. The molecule has 0 aromatic carbocycles. The number of hydrogen-bond acceptors (Lipinski definition) is 1. The van der Waals surface area contributed by atoms with Crippen molar-refractivity contribution in [3.8, 4) is 0 Å². The van der Waals surface area contributed by atoms with Gasteiger partial charge in [0.2, 0.25) is 0 Å². The minimum absolute atomic E-state index is 0.124. The Morgan fingerprint density at radius 2 is 2.00 bits per heavy atom. The Balaban J connectivity index is 2.25. The van der Waals surface area contributed by atoms with E-state index in [-0.39, 0.29) is 11.7 Å². The quantitative estimate of drug-likeness (QED) is 0.733. The molecule has 1 aliphatic carbocycles. The molecular weight excluding hydrogens is 189 g/mol. The van der Waals surface area contributed by atoms with Gasteiger partial charge in [-0.2, -0.15) is 0 Å². The fourth-order valence-electron chi connectivity index (χ4n) is 1.75. The monoisotopic (exact) mass is 207 g/mol. The summed E-state index contributed by atoms with van der Waals surface area (Å²) in [5, 5.41) is 0. The van der Waals surface area contributed by atoms with Gasteiger partial charge >= 0.3 is 0 Å². The van der Waals surface area contributed by atoms with Crippen LogP contribution < -0.4 is 0 Å². The SMILES string of the molecule is CC(C)[C@H](C)c1ncc(C2CC2)cc1F. The van der Waals surface area contributed by atoms with Crippen LogP contribution in [-0.2, 0) is 0 Å². The molecule has 2 rings (SSSR count). The molecule has 0 radical (unpaired) electrons. The zero-order chi connectivity index (χ0) is 11.0. The van der Waals surface area contributed by atoms with Crippen molar-refractivity contribution in [2.24, 2.45) is 5.92 Å². The van der Waals surface area contributed by atoms with Gasteiger partial charge in [0.25, 0.3) is 0 Å². The maximum Gasteiger partial charge on any atom is 0.145 e. The summed E-state index contributed by atoms with van der Waals surface area (Å²) in [6.45, 7) is 6.23. The molecule has 1 fully saturated rings. The second kappa shape index (κ2) is 3.92. The van der Waals surface area contributed by atoms with Crippen LogP contribution in [0, 0.1) is 11.7 Å². The van der Waals surface area contributed by atoms with Crippen molar-refractivity contribution >= 4 is 0 Å². The predicted octanol–water partition coefficient (Wildman–Crippen LogP) is 3.86. The van der Waals surface area contributed by atoms with Gasteiger partial charge in [0, 0.05) is 12.1 Å². The number of aromatic nitrogens is 1. The summed E-state index contributed by atoms with van der Waals surface area (Å²) in [5.41, 5.74) is 1.70. The van der Waals surface area contributed by atoms with Crippen molar-refractivity contribution < 1.29 is 4.39 Å². The van der Waals surface area contributed by atoms with Crippen LogP contribution in [0.3, 0.4) is 0 Å². The van der Waals surface area contributed by atoms with Gasteiger partial charge in [0.15, 0.2) is 0 Å². The molecule has 0 spiro atoms. The molecule has 1 aliphatic rings. The van der Waals surface area contributed by atoms with E-state index in [1.807, 2.05) is 13.1 Å². The van der Waals surface area contributed by atoms with Crippen molar-refractivity contribution in [1.29, 1.82) is 0 Å². The van der Waals surface area contributed by atoms with E-state index in [4.69, 9.17) is 0 Å². The van der Waals surface area contributed by atoms with Gasteiger partial charge in [0.05, 0.1) is 5.69 Å². The Morgan fingerprint density at radius 1 is 1.33 bits per heavy atom. The summed E-state index contributed by atoms with van der Waals surface area (Å²) in [6, 6.07) is 1.68. The fourth-order valence-corrected chi connectivity index (χ4v) is 1.75. The van der Waals surface area contributed by atoms with Crippen molar-refractivity contribution in [1.82, 2.24) is 4.98 Å². The van der Waals surface area contributed by atoms with Gasteiger partial charge in [-0.25, -0.2) is 4.39 Å². The number of nitrogens with zero attached hydrogens (tertiary/aromatic N) is 1. The Hall–Kier alpha value is -0.920. The van der Waals surface area contributed by atoms with Crippen LogP contribution in [-0.4, -0.2) is 4.98 Å². The van der Waals surface area contributed by atoms with Crippen LogP contribution in [0.4, 0.5) is 4.39 Å². The predicted molar refractivity (Wildman–Crippen MR) is 59.4 cm³/mol. The highest BCUT2D eigenvalue weighted by atomic mass is 19.1. The first-order chi connectivity index (χ1) is 7.09. The average molecular weight is 207 g/mol. The number of rotatable bonds is 3. The highest BCUT2D eigenvalue weighted by molar-refractivity contribution is 5.25. The zero-order valence-corrected chi connectivity index (χ0v) is 9.63. The second-order valence-electron chi connectivity index (χ2n) is 4.94. The van der Waals surface area contributed by atoms with Crippen LogP contribution in [0.5, 0.6) is 0 Å². The first-order valence-electron chi connectivity index (χ1n) is 5.75. The zero-order valence-electron chi connectivity index (χ0n) is 9.63. The van der Waals surface area contributed by atoms with Crippen LogP contribution >= 0.6 is 0 Å². The molecule has 1 atom stereocenters. The van der Waals surface area contributed by atoms with E-state index in [0.717, 1.165) is 5.56 Å². The molecule has 0 amide bonds. The van der Waals surface area contributed by atoms with Crippen LogP contribution in [0.25, 0.3) is 0 Å². The Kier molecular flexibility index (Phi) is 2.76. The molecule has 1 heterocycles. The largest absolute Gasteiger partial charge is 0.258 e. The number of hydrogen-bond donors (Lipinski definition) is 0. The smallest absolute Gasteiger partial charge is 0.145 e. The summed E-state index contributed by atoms with van der Waals surface area (Å²) in [7, 11) is 0. The summed E-state index contributed by atoms with van der Waals surface area (Å²) in [6.07, 6.45) is 4.25. The topological polar surface area (TPSA) is 12.9 Å². The lowest BCUT2D eigenvalue weighted by molar-refractivity contribution is 0.486. The van der Waals surface area contributed by atoms with E-state index in [2.05, 4.69) is 18.8 Å². The molecule has 0 aliphatic heterocycles. The lowest BCUT2D eigenvalue weighted by Crippen LogP contribution is -2.07. The second-order valence-corrected chi connectivity index (χ2v) is 4.94. The first kappa shape index (κ1) is 10.6. The molecular formula is C13H18FN. The van der Waals surface area contributed by atoms with E-state index in [1.54, 1.807) is 6.07 Å². The van der Waals surface area contributed by atoms with Gasteiger partial charge in [-0.1, -0.05) is 20.8 Å². The maximum absolute atomic E-state index is 13.8. The van der Waals surface area contributed by atoms with Crippen molar-refractivity contribution in [3.63, 3.8) is 0 Å². The van der Waals surface area contributed by atoms with Crippen LogP contribution in [0.2, 0.25) is 0 Å². The number of halogens is 1. The van der Waals surface area contributed by atoms with Crippen LogP contribution in [0.15, 0.2) is 12.3 Å². The van der Waals surface area contributed by atoms with Gasteiger partial charge in [-0.15, -0.1) is 0 Å². The Morgan fingerprint density at radius 3 is 2.47 bits per heavy atom. The summed E-state index contributed by atoms with van der Waals surface area (Å²) < 4.78 is 13.8. The average Bonchev–Trinajstić information content (AvgIpc) is 2.99. The standard InChI is InChI=1S/C13H18FN/c1-8(2)9(3)13-12(14)6-11(7-15-13)10-4-5-10/h6-10H,4-5H2,1-3H3/t9-/m0/s1. The third kappa shape index (κ3) is 2.19. The third-order valence-electron chi connectivity index (χ3n) is 3.37. The summed E-state index contributed by atoms with van der Waals surface area (Å²) >= 11 is 0. The molecule has 2 heteroatoms. The molecule has 0 N–H and O–H groups in total. The maximum atomic E-state index is 13.8. The minimum atomic E-state index is -0.124. The van der Waals surface area contributed by atoms with Gasteiger partial charge < -0.3 is 0 Å². The highest BCUT2D eigenvalue weighted by Gasteiger charge is 2.25. The minimum Gasteiger partial charge on any atom is -0.258 e. The molecule has 0 bridgehead atoms. The Bertz CT molecular complexity index is 356. The van der Waals surface area contributed by atoms with Crippen molar-refractivity contribution in [2.45, 2.75) is 45.4 Å². The molecule has 1 aromatic heterocycles. The molecule has 0 saturated heterocycles. The molecule has 1 nitrogen and oxygen atoms in total. The Labute approximate surface area is 90.7 Å². The van der Waals surface area contributed by atoms with Gasteiger partial charge in [0.1, 0.15) is 5.82 Å². The van der Waals surface area contributed by atoms with Gasteiger partial charge in [-0.05, 0) is 36.3 Å². The van der Waals surface area contributed by atoms with Crippen molar-refractivity contribution in [3.05, 3.63) is 29.3 Å². The number of pyridine rings is 1. The third-order valence-corrected chi connectivity index (χ3v) is 3.37. The fraction of sp³-hybridized carbons (Fsp3) is 0.615.